The molecule has 195 valence electrons. The van der Waals surface area contributed by atoms with E-state index in [0.717, 1.165) is 33.2 Å². The van der Waals surface area contributed by atoms with Gasteiger partial charge in [-0.3, -0.25) is 4.98 Å². The Morgan fingerprint density at radius 3 is 2.21 bits per heavy atom. The van der Waals surface area contributed by atoms with E-state index in [1.165, 1.54) is 27.6 Å². The van der Waals surface area contributed by atoms with Gasteiger partial charge in [0.1, 0.15) is 5.82 Å². The van der Waals surface area contributed by atoms with Crippen molar-refractivity contribution >= 4 is 29.5 Å². The van der Waals surface area contributed by atoms with E-state index in [-0.39, 0.29) is 25.9 Å². The van der Waals surface area contributed by atoms with Crippen molar-refractivity contribution in [1.82, 2.24) is 9.55 Å². The summed E-state index contributed by atoms with van der Waals surface area (Å²) in [5.74, 6) is 1.46. The van der Waals surface area contributed by atoms with Crippen molar-refractivity contribution in [1.29, 1.82) is 0 Å². The van der Waals surface area contributed by atoms with Gasteiger partial charge in [0.2, 0.25) is 0 Å². The van der Waals surface area contributed by atoms with Crippen LogP contribution in [-0.2, 0) is 20.1 Å². The first kappa shape index (κ1) is 26.7. The maximum atomic E-state index is 14.4. The fraction of sp³-hybridized carbons (Fsp3) is 0.242. The normalized spacial score (nSPS) is 13.6. The number of nitrogens with zero attached hydrogens (tertiary/aromatic N) is 2. The molecule has 0 amide bonds. The number of halogens is 1. The zero-order chi connectivity index (χ0) is 26.1. The summed E-state index contributed by atoms with van der Waals surface area (Å²) in [6, 6.07) is 28.1. The van der Waals surface area contributed by atoms with Crippen LogP contribution in [0.4, 0.5) is 4.39 Å². The largest absolute Gasteiger partial charge is 0.333 e. The molecular formula is C33H32FIrN2Si-. The summed E-state index contributed by atoms with van der Waals surface area (Å²) in [4.78, 5) is 5.26. The molecule has 0 fully saturated rings. The minimum Gasteiger partial charge on any atom is -0.333 e. The number of benzene rings is 4. The first-order valence-corrected chi connectivity index (χ1v) is 16.2. The average molecular weight is 696 g/mol. The SMILES string of the molecule is CC(C)c1cccc(C(C)C)c1-n1c(-c2[c-]ccc3c2[Si](C)(C)c2cc(F)ccc2-3)nc2ccccc21.[Ir]. The van der Waals surface area contributed by atoms with Crippen molar-refractivity contribution < 1.29 is 24.5 Å². The summed E-state index contributed by atoms with van der Waals surface area (Å²) in [5.41, 5.74) is 9.29. The Labute approximate surface area is 239 Å². The third kappa shape index (κ3) is 3.95. The molecule has 0 N–H and O–H groups in total. The first-order valence-electron chi connectivity index (χ1n) is 13.2. The van der Waals surface area contributed by atoms with Crippen molar-refractivity contribution in [3.05, 3.63) is 95.8 Å². The fourth-order valence-electron chi connectivity index (χ4n) is 6.14. The van der Waals surface area contributed by atoms with Crippen molar-refractivity contribution in [2.24, 2.45) is 0 Å². The van der Waals surface area contributed by atoms with Gasteiger partial charge < -0.3 is 4.57 Å². The summed E-state index contributed by atoms with van der Waals surface area (Å²) in [6.45, 7) is 13.7. The Hall–Kier alpha value is -2.85. The molecule has 2 nitrogen and oxygen atoms in total. The quantitative estimate of drug-likeness (QED) is 0.139. The van der Waals surface area contributed by atoms with Gasteiger partial charge in [-0.15, -0.1) is 28.9 Å². The number of hydrogen-bond donors (Lipinski definition) is 0. The second-order valence-corrected chi connectivity index (χ2v) is 15.6. The van der Waals surface area contributed by atoms with Gasteiger partial charge >= 0.3 is 0 Å². The van der Waals surface area contributed by atoms with E-state index in [9.17, 15) is 4.39 Å². The van der Waals surface area contributed by atoms with Crippen LogP contribution in [0.1, 0.15) is 50.7 Å². The maximum absolute atomic E-state index is 14.4. The summed E-state index contributed by atoms with van der Waals surface area (Å²) < 4.78 is 16.8. The van der Waals surface area contributed by atoms with Crippen LogP contribution in [0.15, 0.2) is 72.8 Å². The molecule has 1 radical (unpaired) electrons. The predicted molar refractivity (Wildman–Crippen MR) is 156 cm³/mol. The zero-order valence-corrected chi connectivity index (χ0v) is 26.1. The molecule has 5 heteroatoms. The van der Waals surface area contributed by atoms with Crippen LogP contribution in [0.25, 0.3) is 39.2 Å². The van der Waals surface area contributed by atoms with Crippen molar-refractivity contribution in [3.8, 4) is 28.2 Å². The second kappa shape index (κ2) is 9.71. The molecule has 1 aromatic heterocycles. The Bertz CT molecular complexity index is 1660. The molecule has 4 aromatic carbocycles. The molecule has 38 heavy (non-hydrogen) atoms. The molecule has 0 saturated carbocycles. The molecule has 1 aliphatic rings. The average Bonchev–Trinajstić information content (AvgIpc) is 3.36. The number of hydrogen-bond acceptors (Lipinski definition) is 1. The Kier molecular flexibility index (Phi) is 6.84. The van der Waals surface area contributed by atoms with Gasteiger partial charge in [-0.25, -0.2) is 4.39 Å². The molecular weight excluding hydrogens is 664 g/mol. The van der Waals surface area contributed by atoms with Gasteiger partial charge in [-0.05, 0) is 52.8 Å². The fourth-order valence-corrected chi connectivity index (χ4v) is 9.50. The van der Waals surface area contributed by atoms with E-state index < -0.39 is 8.07 Å². The van der Waals surface area contributed by atoms with Crippen molar-refractivity contribution in [2.75, 3.05) is 0 Å². The van der Waals surface area contributed by atoms with E-state index in [0.29, 0.717) is 11.8 Å². The molecule has 6 rings (SSSR count). The number of para-hydroxylation sites is 3. The topological polar surface area (TPSA) is 17.8 Å². The molecule has 0 aliphatic carbocycles. The Morgan fingerprint density at radius 2 is 1.53 bits per heavy atom. The van der Waals surface area contributed by atoms with Gasteiger partial charge in [0.15, 0.2) is 0 Å². The molecule has 1 aliphatic heterocycles. The van der Waals surface area contributed by atoms with Gasteiger partial charge in [0.25, 0.3) is 0 Å². The molecule has 0 atom stereocenters. The standard InChI is InChI=1S/C33H32FN2Si.Ir/c1-20(2)23-11-9-12-24(21(3)4)31(23)36-29-16-8-7-15-28(29)35-33(36)27-14-10-13-26-25-18-17-22(34)19-30(25)37(5,6)32(26)27;/h7-13,15-21H,1-6H3;/q-1;. The van der Waals surface area contributed by atoms with E-state index >= 15 is 0 Å². The number of rotatable bonds is 4. The van der Waals surface area contributed by atoms with Crippen molar-refractivity contribution in [2.45, 2.75) is 52.6 Å². The minimum atomic E-state index is -2.21. The third-order valence-electron chi connectivity index (χ3n) is 7.92. The van der Waals surface area contributed by atoms with Crippen LogP contribution in [0.2, 0.25) is 13.1 Å². The van der Waals surface area contributed by atoms with Crippen molar-refractivity contribution in [3.63, 3.8) is 0 Å². The third-order valence-corrected chi connectivity index (χ3v) is 11.4. The van der Waals surface area contributed by atoms with E-state index in [1.807, 2.05) is 12.1 Å². The summed E-state index contributed by atoms with van der Waals surface area (Å²) >= 11 is 0. The predicted octanol–water partition coefficient (Wildman–Crippen LogP) is 7.68. The summed E-state index contributed by atoms with van der Waals surface area (Å²) in [5, 5.41) is 2.44. The van der Waals surface area contributed by atoms with Crippen LogP contribution in [0.5, 0.6) is 0 Å². The van der Waals surface area contributed by atoms with Gasteiger partial charge in [0, 0.05) is 25.8 Å². The Balaban J connectivity index is 0.00000294. The number of fused-ring (bicyclic) bond motifs is 4. The van der Waals surface area contributed by atoms with E-state index in [2.05, 4.69) is 100.0 Å². The van der Waals surface area contributed by atoms with Crippen LogP contribution in [0, 0.1) is 11.9 Å². The molecule has 0 unspecified atom stereocenters. The van der Waals surface area contributed by atoms with Crippen LogP contribution in [-0.4, -0.2) is 17.6 Å². The van der Waals surface area contributed by atoms with Crippen LogP contribution < -0.4 is 10.4 Å². The maximum Gasteiger partial charge on any atom is 0.123 e. The Morgan fingerprint density at radius 1 is 0.842 bits per heavy atom. The second-order valence-electron chi connectivity index (χ2n) is 11.3. The summed E-state index contributed by atoms with van der Waals surface area (Å²) in [7, 11) is -2.21. The monoisotopic (exact) mass is 696 g/mol. The summed E-state index contributed by atoms with van der Waals surface area (Å²) in [6.07, 6.45) is 0. The van der Waals surface area contributed by atoms with E-state index in [1.54, 1.807) is 12.1 Å². The van der Waals surface area contributed by atoms with Crippen LogP contribution in [0.3, 0.4) is 0 Å². The molecule has 5 aromatic rings. The number of aromatic nitrogens is 2. The zero-order valence-electron chi connectivity index (χ0n) is 22.7. The minimum absolute atomic E-state index is 0. The molecule has 0 bridgehead atoms. The van der Waals surface area contributed by atoms with Gasteiger partial charge in [0.05, 0.1) is 24.9 Å². The van der Waals surface area contributed by atoms with Gasteiger partial charge in [-0.2, -0.15) is 0 Å². The molecule has 0 saturated heterocycles. The number of imidazole rings is 1. The molecule has 0 spiro atoms. The van der Waals surface area contributed by atoms with Gasteiger partial charge in [-0.1, -0.05) is 87.9 Å². The van der Waals surface area contributed by atoms with Crippen LogP contribution >= 0.6 is 0 Å². The smallest absolute Gasteiger partial charge is 0.123 e. The first-order chi connectivity index (χ1) is 17.7. The molecule has 2 heterocycles. The van der Waals surface area contributed by atoms with E-state index in [4.69, 9.17) is 4.98 Å².